The molecule has 0 aliphatic rings. The van der Waals surface area contributed by atoms with E-state index in [4.69, 9.17) is 14.5 Å². The molecule has 0 aromatic rings. The Morgan fingerprint density at radius 3 is 2.30 bits per heavy atom. The highest BCUT2D eigenvalue weighted by molar-refractivity contribution is 7.46. The third-order valence-electron chi connectivity index (χ3n) is 3.53. The molecule has 8 heteroatoms. The minimum absolute atomic E-state index is 0.0471. The van der Waals surface area contributed by atoms with Crippen LogP contribution in [0, 0.1) is 0 Å². The number of rotatable bonds is 12. The smallest absolute Gasteiger partial charge is 0.463 e. The number of carbonyl (C=O) groups excluding carboxylic acids is 1. The summed E-state index contributed by atoms with van der Waals surface area (Å²) in [5, 5.41) is 0. The molecule has 0 aliphatic carbocycles. The quantitative estimate of drug-likeness (QED) is 0.184. The number of allylic oxidation sites excluding steroid dienone is 1. The monoisotopic (exact) mass is 352 g/mol. The van der Waals surface area contributed by atoms with Crippen molar-refractivity contribution < 1.29 is 32.9 Å². The van der Waals surface area contributed by atoms with Crippen molar-refractivity contribution in [2.75, 3.05) is 34.4 Å². The number of hydrogen-bond acceptors (Lipinski definition) is 4. The highest BCUT2D eigenvalue weighted by Gasteiger charge is 2.24. The van der Waals surface area contributed by atoms with Gasteiger partial charge in [-0.15, -0.1) is 0 Å². The van der Waals surface area contributed by atoms with Gasteiger partial charge in [-0.25, -0.2) is 9.36 Å². The van der Waals surface area contributed by atoms with E-state index >= 15 is 0 Å². The van der Waals surface area contributed by atoms with Gasteiger partial charge in [0.05, 0.1) is 40.4 Å². The molecule has 0 heterocycles. The zero-order valence-corrected chi connectivity index (χ0v) is 15.5. The number of hydrogen-bond donors (Lipinski definition) is 2. The number of ether oxygens (including phenoxy) is 1. The van der Waals surface area contributed by atoms with Crippen molar-refractivity contribution in [3.8, 4) is 0 Å². The molecule has 0 bridgehead atoms. The van der Waals surface area contributed by atoms with Gasteiger partial charge in [-0.2, -0.15) is 0 Å². The van der Waals surface area contributed by atoms with Gasteiger partial charge in [0.2, 0.25) is 0 Å². The van der Waals surface area contributed by atoms with Crippen LogP contribution in [0.15, 0.2) is 12.2 Å². The minimum atomic E-state index is -4.39. The average molecular weight is 352 g/mol. The number of esters is 1. The van der Waals surface area contributed by atoms with E-state index in [0.29, 0.717) is 17.5 Å². The van der Waals surface area contributed by atoms with Crippen molar-refractivity contribution in [2.45, 2.75) is 45.1 Å². The Morgan fingerprint density at radius 1 is 1.13 bits per heavy atom. The van der Waals surface area contributed by atoms with Crippen LogP contribution in [0.4, 0.5) is 0 Å². The summed E-state index contributed by atoms with van der Waals surface area (Å²) in [5.41, 5.74) is 0. The van der Waals surface area contributed by atoms with Crippen molar-refractivity contribution in [1.29, 1.82) is 0 Å². The topological polar surface area (TPSA) is 93.1 Å². The van der Waals surface area contributed by atoms with Gasteiger partial charge in [0.1, 0.15) is 0 Å². The summed E-state index contributed by atoms with van der Waals surface area (Å²) in [6.45, 7) is 2.23. The van der Waals surface area contributed by atoms with E-state index in [1.54, 1.807) is 13.0 Å². The standard InChI is InChI=1S/C15H30NO6P/c1-5-9-15(17)21-12-8-6-7-10-14(16(2,3)4)11-13-22-23(18,19)20/h5,9,14H,6-8,10-13H2,1-4H3,(H-,18,19,20)/p+1. The molecule has 136 valence electrons. The Morgan fingerprint density at radius 2 is 1.78 bits per heavy atom. The Labute approximate surface area is 139 Å². The summed E-state index contributed by atoms with van der Waals surface area (Å²) in [6.07, 6.45) is 7.28. The normalized spacial score (nSPS) is 14.2. The number of quaternary nitrogens is 1. The highest BCUT2D eigenvalue weighted by Crippen LogP contribution is 2.36. The molecule has 0 saturated heterocycles. The second-order valence-electron chi connectivity index (χ2n) is 6.40. The predicted octanol–water partition coefficient (Wildman–Crippen LogP) is 2.24. The molecule has 0 aromatic carbocycles. The lowest BCUT2D eigenvalue weighted by Gasteiger charge is -2.34. The Bertz CT molecular complexity index is 413. The number of phosphoric acid groups is 1. The van der Waals surface area contributed by atoms with Gasteiger partial charge in [0.15, 0.2) is 0 Å². The maximum absolute atomic E-state index is 11.1. The molecule has 1 unspecified atom stereocenters. The zero-order valence-electron chi connectivity index (χ0n) is 14.6. The number of carbonyl (C=O) groups is 1. The third kappa shape index (κ3) is 13.4. The zero-order chi connectivity index (χ0) is 17.9. The Hall–Kier alpha value is -0.720. The molecule has 7 nitrogen and oxygen atoms in total. The van der Waals surface area contributed by atoms with Gasteiger partial charge < -0.3 is 19.0 Å². The first-order valence-corrected chi connectivity index (χ1v) is 9.40. The van der Waals surface area contributed by atoms with Crippen molar-refractivity contribution in [3.05, 3.63) is 12.2 Å². The summed E-state index contributed by atoms with van der Waals surface area (Å²) >= 11 is 0. The summed E-state index contributed by atoms with van der Waals surface area (Å²) in [4.78, 5) is 28.6. The Balaban J connectivity index is 3.98. The largest absolute Gasteiger partial charge is 0.469 e. The van der Waals surface area contributed by atoms with Crippen LogP contribution in [0.1, 0.15) is 39.0 Å². The van der Waals surface area contributed by atoms with Crippen LogP contribution in [0.3, 0.4) is 0 Å². The van der Waals surface area contributed by atoms with Crippen molar-refractivity contribution in [1.82, 2.24) is 0 Å². The highest BCUT2D eigenvalue weighted by atomic mass is 31.2. The van der Waals surface area contributed by atoms with E-state index in [0.717, 1.165) is 25.7 Å². The van der Waals surface area contributed by atoms with Crippen molar-refractivity contribution >= 4 is 13.8 Å². The first kappa shape index (κ1) is 22.3. The minimum Gasteiger partial charge on any atom is -0.463 e. The molecule has 0 spiro atoms. The number of unbranched alkanes of at least 4 members (excludes halogenated alkanes) is 2. The maximum atomic E-state index is 11.1. The summed E-state index contributed by atoms with van der Waals surface area (Å²) in [6, 6.07) is 0.257. The lowest BCUT2D eigenvalue weighted by Crippen LogP contribution is -2.45. The molecule has 0 saturated carbocycles. The molecular weight excluding hydrogens is 321 g/mol. The first-order valence-electron chi connectivity index (χ1n) is 7.87. The van der Waals surface area contributed by atoms with E-state index in [2.05, 4.69) is 25.7 Å². The fourth-order valence-electron chi connectivity index (χ4n) is 2.24. The van der Waals surface area contributed by atoms with E-state index in [1.807, 2.05) is 0 Å². The van der Waals surface area contributed by atoms with Gasteiger partial charge >= 0.3 is 13.8 Å². The summed E-state index contributed by atoms with van der Waals surface area (Å²) < 4.78 is 21.0. The molecule has 0 rings (SSSR count). The molecular formula is C15H31NO6P+. The second kappa shape index (κ2) is 10.9. The molecule has 0 amide bonds. The van der Waals surface area contributed by atoms with Crippen LogP contribution in [0.5, 0.6) is 0 Å². The maximum Gasteiger partial charge on any atom is 0.469 e. The molecule has 2 N–H and O–H groups in total. The lowest BCUT2D eigenvalue weighted by atomic mass is 10.0. The fraction of sp³-hybridized carbons (Fsp3) is 0.800. The van der Waals surface area contributed by atoms with Crippen molar-refractivity contribution in [2.24, 2.45) is 0 Å². The van der Waals surface area contributed by atoms with Crippen LogP contribution in [0.2, 0.25) is 0 Å². The van der Waals surface area contributed by atoms with Gasteiger partial charge in [0.25, 0.3) is 0 Å². The molecule has 1 atom stereocenters. The molecule has 0 aromatic heterocycles. The van der Waals surface area contributed by atoms with Crippen molar-refractivity contribution in [3.63, 3.8) is 0 Å². The van der Waals surface area contributed by atoms with Gasteiger partial charge in [0, 0.05) is 12.5 Å². The van der Waals surface area contributed by atoms with E-state index in [9.17, 15) is 9.36 Å². The second-order valence-corrected chi connectivity index (χ2v) is 7.64. The molecule has 23 heavy (non-hydrogen) atoms. The first-order chi connectivity index (χ1) is 10.6. The number of nitrogens with zero attached hydrogens (tertiary/aromatic N) is 1. The SMILES string of the molecule is CC=CC(=O)OCCCCCC(CCOP(=O)(O)O)[N+](C)(C)C. The Kier molecular flexibility index (Phi) is 10.6. The van der Waals surface area contributed by atoms with E-state index in [-0.39, 0.29) is 18.6 Å². The molecule has 0 radical (unpaired) electrons. The molecule has 0 fully saturated rings. The van der Waals surface area contributed by atoms with Crippen LogP contribution in [-0.4, -0.2) is 60.6 Å². The molecule has 0 aliphatic heterocycles. The van der Waals surface area contributed by atoms with Gasteiger partial charge in [-0.1, -0.05) is 6.08 Å². The summed E-state index contributed by atoms with van der Waals surface area (Å²) in [7, 11) is 1.78. The fourth-order valence-corrected chi connectivity index (χ4v) is 2.59. The van der Waals surface area contributed by atoms with Crippen LogP contribution in [-0.2, 0) is 18.6 Å². The van der Waals surface area contributed by atoms with E-state index in [1.165, 1.54) is 6.08 Å². The lowest BCUT2D eigenvalue weighted by molar-refractivity contribution is -0.896. The van der Waals surface area contributed by atoms with Crippen LogP contribution >= 0.6 is 7.82 Å². The van der Waals surface area contributed by atoms with Crippen LogP contribution in [0.25, 0.3) is 0 Å². The van der Waals surface area contributed by atoms with Crippen LogP contribution < -0.4 is 0 Å². The van der Waals surface area contributed by atoms with E-state index < -0.39 is 7.82 Å². The summed E-state index contributed by atoms with van der Waals surface area (Å²) in [5.74, 6) is -0.314. The van der Waals surface area contributed by atoms with Gasteiger partial charge in [-0.3, -0.25) is 4.52 Å². The third-order valence-corrected chi connectivity index (χ3v) is 4.05. The van der Waals surface area contributed by atoms with Gasteiger partial charge in [-0.05, 0) is 32.6 Å². The average Bonchev–Trinajstić information content (AvgIpc) is 2.38. The predicted molar refractivity (Wildman–Crippen MR) is 88.7 cm³/mol. The number of phosphoric ester groups is 1.